The highest BCUT2D eigenvalue weighted by atomic mass is 32.2. The van der Waals surface area contributed by atoms with Crippen LogP contribution in [0.4, 0.5) is 0 Å². The molecule has 1 N–H and O–H groups in total. The monoisotopic (exact) mass is 279 g/mol. The van der Waals surface area contributed by atoms with E-state index in [1.54, 1.807) is 0 Å². The van der Waals surface area contributed by atoms with Crippen LogP contribution >= 0.6 is 11.8 Å². The molecule has 1 aliphatic carbocycles. The number of amides is 1. The number of aromatic amines is 1. The maximum atomic E-state index is 12.4. The van der Waals surface area contributed by atoms with Crippen LogP contribution in [-0.2, 0) is 0 Å². The number of carbonyl (C=O) groups is 1. The van der Waals surface area contributed by atoms with Gasteiger partial charge in [-0.3, -0.25) is 9.59 Å². The molecule has 2 fully saturated rings. The summed E-state index contributed by atoms with van der Waals surface area (Å²) in [5.74, 6) is 2.99. The van der Waals surface area contributed by atoms with Crippen LogP contribution in [-0.4, -0.2) is 45.4 Å². The van der Waals surface area contributed by atoms with Gasteiger partial charge in [0.15, 0.2) is 0 Å². The predicted molar refractivity (Wildman–Crippen MR) is 74.7 cm³/mol. The summed E-state index contributed by atoms with van der Waals surface area (Å²) in [6.07, 6.45) is 3.12. The van der Waals surface area contributed by atoms with Gasteiger partial charge < -0.3 is 9.88 Å². The summed E-state index contributed by atoms with van der Waals surface area (Å²) in [6, 6.07) is 1.33. The lowest BCUT2D eigenvalue weighted by Crippen LogP contribution is -2.34. The Morgan fingerprint density at radius 1 is 1.37 bits per heavy atom. The second kappa shape index (κ2) is 5.36. The van der Waals surface area contributed by atoms with E-state index >= 15 is 0 Å². The summed E-state index contributed by atoms with van der Waals surface area (Å²) in [5.41, 5.74) is 0.0852. The molecule has 0 radical (unpaired) electrons. The smallest absolute Gasteiger partial charge is 0.272 e. The third-order valence-corrected chi connectivity index (χ3v) is 4.50. The Kier molecular flexibility index (Phi) is 3.59. The SMILES string of the molecule is O=C(c1cc(=O)[nH]c(C2CC2)n1)N1CCCSCC1. The minimum Gasteiger partial charge on any atom is -0.336 e. The van der Waals surface area contributed by atoms with Crippen molar-refractivity contribution in [3.63, 3.8) is 0 Å². The molecule has 1 amide bonds. The van der Waals surface area contributed by atoms with Crippen LogP contribution < -0.4 is 5.56 Å². The molecule has 1 saturated carbocycles. The first kappa shape index (κ1) is 12.7. The van der Waals surface area contributed by atoms with Crippen molar-refractivity contribution in [2.45, 2.75) is 25.2 Å². The van der Waals surface area contributed by atoms with Crippen molar-refractivity contribution < 1.29 is 4.79 Å². The van der Waals surface area contributed by atoms with Crippen molar-refractivity contribution >= 4 is 17.7 Å². The van der Waals surface area contributed by atoms with Crippen LogP contribution in [0.25, 0.3) is 0 Å². The third-order valence-electron chi connectivity index (χ3n) is 3.45. The second-order valence-electron chi connectivity index (χ2n) is 5.05. The van der Waals surface area contributed by atoms with Crippen LogP contribution in [0.15, 0.2) is 10.9 Å². The van der Waals surface area contributed by atoms with E-state index in [9.17, 15) is 9.59 Å². The summed E-state index contributed by atoms with van der Waals surface area (Å²) >= 11 is 1.87. The van der Waals surface area contributed by atoms with Crippen molar-refractivity contribution in [1.29, 1.82) is 0 Å². The van der Waals surface area contributed by atoms with E-state index in [0.717, 1.165) is 43.9 Å². The van der Waals surface area contributed by atoms with Gasteiger partial charge >= 0.3 is 0 Å². The maximum Gasteiger partial charge on any atom is 0.272 e. The van der Waals surface area contributed by atoms with E-state index in [1.807, 2.05) is 16.7 Å². The van der Waals surface area contributed by atoms with Gasteiger partial charge in [-0.2, -0.15) is 11.8 Å². The van der Waals surface area contributed by atoms with Gasteiger partial charge in [-0.15, -0.1) is 0 Å². The quantitative estimate of drug-likeness (QED) is 0.884. The van der Waals surface area contributed by atoms with Crippen molar-refractivity contribution in [3.05, 3.63) is 27.9 Å². The molecule has 1 saturated heterocycles. The van der Waals surface area contributed by atoms with Crippen LogP contribution in [0.2, 0.25) is 0 Å². The molecule has 2 aliphatic rings. The van der Waals surface area contributed by atoms with Crippen LogP contribution in [0.1, 0.15) is 41.5 Å². The molecule has 19 heavy (non-hydrogen) atoms. The maximum absolute atomic E-state index is 12.4. The fourth-order valence-electron chi connectivity index (χ4n) is 2.25. The first-order valence-electron chi connectivity index (χ1n) is 6.72. The minimum atomic E-state index is -0.218. The number of carbonyl (C=O) groups excluding carboxylic acids is 1. The highest BCUT2D eigenvalue weighted by Crippen LogP contribution is 2.37. The summed E-state index contributed by atoms with van der Waals surface area (Å²) in [6.45, 7) is 1.51. The molecule has 0 spiro atoms. The Balaban J connectivity index is 1.83. The number of rotatable bonds is 2. The highest BCUT2D eigenvalue weighted by Gasteiger charge is 2.28. The van der Waals surface area contributed by atoms with E-state index in [-0.39, 0.29) is 11.5 Å². The fourth-order valence-corrected chi connectivity index (χ4v) is 3.13. The van der Waals surface area contributed by atoms with Crippen molar-refractivity contribution in [2.75, 3.05) is 24.6 Å². The highest BCUT2D eigenvalue weighted by molar-refractivity contribution is 7.99. The lowest BCUT2D eigenvalue weighted by molar-refractivity contribution is 0.0762. The number of aromatic nitrogens is 2. The molecule has 0 aromatic carbocycles. The zero-order valence-electron chi connectivity index (χ0n) is 10.7. The summed E-state index contributed by atoms with van der Waals surface area (Å²) in [4.78, 5) is 32.9. The van der Waals surface area contributed by atoms with Crippen molar-refractivity contribution in [1.82, 2.24) is 14.9 Å². The topological polar surface area (TPSA) is 66.1 Å². The van der Waals surface area contributed by atoms with E-state index < -0.39 is 0 Å². The van der Waals surface area contributed by atoms with Gasteiger partial charge in [0.2, 0.25) is 0 Å². The molecule has 1 aliphatic heterocycles. The molecule has 0 unspecified atom stereocenters. The van der Waals surface area contributed by atoms with E-state index in [4.69, 9.17) is 0 Å². The van der Waals surface area contributed by atoms with Crippen LogP contribution in [0.3, 0.4) is 0 Å². The normalized spacial score (nSPS) is 20.1. The number of H-pyrrole nitrogens is 1. The molecule has 2 heterocycles. The summed E-state index contributed by atoms with van der Waals surface area (Å²) in [7, 11) is 0. The van der Waals surface area contributed by atoms with E-state index in [2.05, 4.69) is 9.97 Å². The zero-order chi connectivity index (χ0) is 13.2. The number of thioether (sulfide) groups is 1. The minimum absolute atomic E-state index is 0.101. The second-order valence-corrected chi connectivity index (χ2v) is 6.27. The van der Waals surface area contributed by atoms with E-state index in [0.29, 0.717) is 17.4 Å². The number of nitrogens with zero attached hydrogens (tertiary/aromatic N) is 2. The van der Waals surface area contributed by atoms with Crippen molar-refractivity contribution in [2.24, 2.45) is 0 Å². The first-order valence-corrected chi connectivity index (χ1v) is 7.88. The molecule has 6 heteroatoms. The first-order chi connectivity index (χ1) is 9.24. The van der Waals surface area contributed by atoms with Gasteiger partial charge in [-0.05, 0) is 25.0 Å². The zero-order valence-corrected chi connectivity index (χ0v) is 11.5. The Bertz CT molecular complexity index is 531. The van der Waals surface area contributed by atoms with Gasteiger partial charge in [0.05, 0.1) is 0 Å². The van der Waals surface area contributed by atoms with Crippen LogP contribution in [0.5, 0.6) is 0 Å². The molecular weight excluding hydrogens is 262 g/mol. The number of hydrogen-bond donors (Lipinski definition) is 1. The molecule has 0 bridgehead atoms. The number of hydrogen-bond acceptors (Lipinski definition) is 4. The standard InChI is InChI=1S/C13H17N3O2S/c17-11-8-10(14-12(15-11)9-2-3-9)13(18)16-4-1-6-19-7-5-16/h8-9H,1-7H2,(H,14,15,17). The molecule has 3 rings (SSSR count). The molecule has 0 atom stereocenters. The third kappa shape index (κ3) is 3.00. The fraction of sp³-hybridized carbons (Fsp3) is 0.615. The average Bonchev–Trinajstić information content (AvgIpc) is 3.23. The summed E-state index contributed by atoms with van der Waals surface area (Å²) in [5, 5.41) is 0. The molecule has 5 nitrogen and oxygen atoms in total. The largest absolute Gasteiger partial charge is 0.336 e. The molecule has 102 valence electrons. The van der Waals surface area contributed by atoms with Gasteiger partial charge in [0.1, 0.15) is 11.5 Å². The van der Waals surface area contributed by atoms with Gasteiger partial charge in [0, 0.05) is 30.8 Å². The Morgan fingerprint density at radius 2 is 2.21 bits per heavy atom. The molecular formula is C13H17N3O2S. The Morgan fingerprint density at radius 3 is 3.00 bits per heavy atom. The Labute approximate surface area is 115 Å². The number of nitrogens with one attached hydrogen (secondary N) is 1. The van der Waals surface area contributed by atoms with E-state index in [1.165, 1.54) is 6.07 Å². The molecule has 1 aromatic heterocycles. The summed E-state index contributed by atoms with van der Waals surface area (Å²) < 4.78 is 0. The average molecular weight is 279 g/mol. The Hall–Kier alpha value is -1.30. The van der Waals surface area contributed by atoms with Gasteiger partial charge in [-0.25, -0.2) is 4.98 Å². The predicted octanol–water partition coefficient (Wildman–Crippen LogP) is 1.23. The van der Waals surface area contributed by atoms with Crippen LogP contribution in [0, 0.1) is 0 Å². The van der Waals surface area contributed by atoms with Gasteiger partial charge in [-0.1, -0.05) is 0 Å². The lowest BCUT2D eigenvalue weighted by atomic mass is 10.3. The lowest BCUT2D eigenvalue weighted by Gasteiger charge is -2.19. The molecule has 1 aromatic rings. The van der Waals surface area contributed by atoms with Crippen molar-refractivity contribution in [3.8, 4) is 0 Å². The van der Waals surface area contributed by atoms with Gasteiger partial charge in [0.25, 0.3) is 11.5 Å².